The van der Waals surface area contributed by atoms with Crippen LogP contribution in [-0.4, -0.2) is 53.8 Å². The SMILES string of the molecule is OC(c1cccc(N2CCNCC2)c1)c1cc2c(cn1)CN(Sc1ccc3c(c1)OCCO3)C2. The van der Waals surface area contributed by atoms with E-state index in [4.69, 9.17) is 9.47 Å². The standard InChI is InChI=1S/C26H28N4O3S/c31-26(18-2-1-3-21(12-18)29-8-6-27-7-9-29)23-13-19-16-30(17-20(19)15-28-23)34-22-4-5-24-25(14-22)33-11-10-32-24/h1-5,12-15,26-27,31H,6-11,16-17H2. The van der Waals surface area contributed by atoms with Gasteiger partial charge in [0, 0.05) is 56.0 Å². The van der Waals surface area contributed by atoms with Crippen molar-refractivity contribution in [3.8, 4) is 11.5 Å². The molecule has 4 heterocycles. The van der Waals surface area contributed by atoms with E-state index in [1.165, 1.54) is 11.1 Å². The third kappa shape index (κ3) is 4.46. The molecule has 3 aromatic rings. The Balaban J connectivity index is 1.15. The van der Waals surface area contributed by atoms with E-state index in [-0.39, 0.29) is 0 Å². The molecule has 1 saturated heterocycles. The fourth-order valence-electron chi connectivity index (χ4n) is 4.70. The normalized spacial score (nSPS) is 18.6. The van der Waals surface area contributed by atoms with Gasteiger partial charge in [-0.05, 0) is 65.0 Å². The number of piperazine rings is 1. The summed E-state index contributed by atoms with van der Waals surface area (Å²) in [5.74, 6) is 1.62. The monoisotopic (exact) mass is 476 g/mol. The minimum Gasteiger partial charge on any atom is -0.486 e. The van der Waals surface area contributed by atoms with Gasteiger partial charge in [0.2, 0.25) is 0 Å². The maximum absolute atomic E-state index is 11.1. The lowest BCUT2D eigenvalue weighted by Crippen LogP contribution is -2.43. The smallest absolute Gasteiger partial charge is 0.162 e. The van der Waals surface area contributed by atoms with Crippen molar-refractivity contribution >= 4 is 17.6 Å². The summed E-state index contributed by atoms with van der Waals surface area (Å²) in [5.41, 5.74) is 5.15. The molecule has 1 aromatic heterocycles. The molecule has 1 atom stereocenters. The van der Waals surface area contributed by atoms with Crippen molar-refractivity contribution in [3.63, 3.8) is 0 Å². The number of rotatable bonds is 5. The number of anilines is 1. The Morgan fingerprint density at radius 2 is 1.76 bits per heavy atom. The van der Waals surface area contributed by atoms with Gasteiger partial charge < -0.3 is 24.8 Å². The molecular formula is C26H28N4O3S. The molecule has 0 spiro atoms. The van der Waals surface area contributed by atoms with Gasteiger partial charge in [-0.15, -0.1) is 0 Å². The number of aromatic nitrogens is 1. The van der Waals surface area contributed by atoms with Crippen LogP contribution >= 0.6 is 11.9 Å². The number of pyridine rings is 1. The van der Waals surface area contributed by atoms with Gasteiger partial charge in [-0.3, -0.25) is 4.98 Å². The second kappa shape index (κ2) is 9.46. The van der Waals surface area contributed by atoms with Crippen molar-refractivity contribution in [2.24, 2.45) is 0 Å². The van der Waals surface area contributed by atoms with E-state index < -0.39 is 6.10 Å². The van der Waals surface area contributed by atoms with Crippen LogP contribution in [0.2, 0.25) is 0 Å². The number of nitrogens with one attached hydrogen (secondary N) is 1. The summed E-state index contributed by atoms with van der Waals surface area (Å²) in [6, 6.07) is 16.4. The van der Waals surface area contributed by atoms with Crippen LogP contribution in [0, 0.1) is 0 Å². The number of benzene rings is 2. The minimum absolute atomic E-state index is 0.588. The van der Waals surface area contributed by atoms with Gasteiger partial charge in [0.15, 0.2) is 11.5 Å². The third-order valence-corrected chi connectivity index (χ3v) is 7.47. The molecule has 0 saturated carbocycles. The number of hydrogen-bond acceptors (Lipinski definition) is 8. The molecule has 0 radical (unpaired) electrons. The maximum Gasteiger partial charge on any atom is 0.162 e. The molecule has 3 aliphatic heterocycles. The predicted molar refractivity (Wildman–Crippen MR) is 132 cm³/mol. The first-order valence-electron chi connectivity index (χ1n) is 11.8. The molecule has 34 heavy (non-hydrogen) atoms. The zero-order chi connectivity index (χ0) is 22.9. The van der Waals surface area contributed by atoms with Crippen LogP contribution in [0.1, 0.15) is 28.5 Å². The van der Waals surface area contributed by atoms with Gasteiger partial charge in [-0.1, -0.05) is 12.1 Å². The van der Waals surface area contributed by atoms with E-state index in [1.807, 2.05) is 30.5 Å². The van der Waals surface area contributed by atoms with Crippen LogP contribution in [0.5, 0.6) is 11.5 Å². The lowest BCUT2D eigenvalue weighted by Gasteiger charge is -2.30. The van der Waals surface area contributed by atoms with E-state index in [1.54, 1.807) is 11.9 Å². The quantitative estimate of drug-likeness (QED) is 0.544. The summed E-state index contributed by atoms with van der Waals surface area (Å²) in [4.78, 5) is 8.10. The first-order chi connectivity index (χ1) is 16.7. The molecule has 2 aromatic carbocycles. The minimum atomic E-state index is -0.743. The Labute approximate surface area is 203 Å². The van der Waals surface area contributed by atoms with Gasteiger partial charge in [0.05, 0.1) is 5.69 Å². The van der Waals surface area contributed by atoms with Crippen LogP contribution in [0.25, 0.3) is 0 Å². The van der Waals surface area contributed by atoms with Gasteiger partial charge in [-0.2, -0.15) is 0 Å². The van der Waals surface area contributed by atoms with Crippen LogP contribution in [0.4, 0.5) is 5.69 Å². The van der Waals surface area contributed by atoms with Crippen molar-refractivity contribution in [3.05, 3.63) is 77.1 Å². The molecule has 2 N–H and O–H groups in total. The van der Waals surface area contributed by atoms with Crippen molar-refractivity contribution in [1.82, 2.24) is 14.6 Å². The molecule has 0 aliphatic carbocycles. The van der Waals surface area contributed by atoms with Crippen LogP contribution in [-0.2, 0) is 13.1 Å². The summed E-state index contributed by atoms with van der Waals surface area (Å²) in [5, 5.41) is 14.5. The highest BCUT2D eigenvalue weighted by molar-refractivity contribution is 7.97. The number of aliphatic hydroxyl groups is 1. The molecule has 6 rings (SSSR count). The van der Waals surface area contributed by atoms with Gasteiger partial charge >= 0.3 is 0 Å². The number of aliphatic hydroxyl groups excluding tert-OH is 1. The molecule has 8 heteroatoms. The van der Waals surface area contributed by atoms with Crippen molar-refractivity contribution in [2.45, 2.75) is 24.1 Å². The molecule has 1 unspecified atom stereocenters. The zero-order valence-electron chi connectivity index (χ0n) is 18.9. The summed E-state index contributed by atoms with van der Waals surface area (Å²) >= 11 is 1.71. The number of nitrogens with zero attached hydrogens (tertiary/aromatic N) is 3. The average Bonchev–Trinajstić information content (AvgIpc) is 3.30. The summed E-state index contributed by atoms with van der Waals surface area (Å²) in [6.45, 7) is 6.74. The fourth-order valence-corrected chi connectivity index (χ4v) is 5.69. The summed E-state index contributed by atoms with van der Waals surface area (Å²) in [6.07, 6.45) is 1.17. The summed E-state index contributed by atoms with van der Waals surface area (Å²) < 4.78 is 13.7. The third-order valence-electron chi connectivity index (χ3n) is 6.49. The second-order valence-electron chi connectivity index (χ2n) is 8.81. The Kier molecular flexibility index (Phi) is 6.05. The first-order valence-corrected chi connectivity index (χ1v) is 12.5. The largest absolute Gasteiger partial charge is 0.486 e. The lowest BCUT2D eigenvalue weighted by atomic mass is 10.0. The van der Waals surface area contributed by atoms with Crippen molar-refractivity contribution in [1.29, 1.82) is 0 Å². The zero-order valence-corrected chi connectivity index (χ0v) is 19.8. The number of ether oxygens (including phenoxy) is 2. The maximum atomic E-state index is 11.1. The fraction of sp³-hybridized carbons (Fsp3) is 0.346. The summed E-state index contributed by atoms with van der Waals surface area (Å²) in [7, 11) is 0. The molecule has 3 aliphatic rings. The molecule has 176 valence electrons. The van der Waals surface area contributed by atoms with Crippen LogP contribution in [0.3, 0.4) is 0 Å². The topological polar surface area (TPSA) is 70.1 Å². The van der Waals surface area contributed by atoms with Gasteiger partial charge in [0.1, 0.15) is 19.3 Å². The second-order valence-corrected chi connectivity index (χ2v) is 9.98. The van der Waals surface area contributed by atoms with Crippen molar-refractivity contribution < 1.29 is 14.6 Å². The number of fused-ring (bicyclic) bond motifs is 2. The highest BCUT2D eigenvalue weighted by Crippen LogP contribution is 2.38. The highest BCUT2D eigenvalue weighted by Gasteiger charge is 2.24. The van der Waals surface area contributed by atoms with Crippen molar-refractivity contribution in [2.75, 3.05) is 44.3 Å². The Hall–Kier alpha value is -2.78. The van der Waals surface area contributed by atoms with E-state index >= 15 is 0 Å². The van der Waals surface area contributed by atoms with E-state index in [0.717, 1.165) is 66.9 Å². The Morgan fingerprint density at radius 3 is 2.65 bits per heavy atom. The Bertz CT molecular complexity index is 1180. The molecule has 7 nitrogen and oxygen atoms in total. The first kappa shape index (κ1) is 21.7. The molecule has 1 fully saturated rings. The number of hydrogen-bond donors (Lipinski definition) is 2. The van der Waals surface area contributed by atoms with Crippen LogP contribution in [0.15, 0.2) is 59.6 Å². The predicted octanol–water partition coefficient (Wildman–Crippen LogP) is 3.37. The van der Waals surface area contributed by atoms with Crippen LogP contribution < -0.4 is 19.7 Å². The molecule has 0 amide bonds. The molecule has 0 bridgehead atoms. The van der Waals surface area contributed by atoms with Gasteiger partial charge in [-0.25, -0.2) is 4.31 Å². The highest BCUT2D eigenvalue weighted by atomic mass is 32.2. The van der Waals surface area contributed by atoms with E-state index in [0.29, 0.717) is 18.9 Å². The lowest BCUT2D eigenvalue weighted by molar-refractivity contribution is 0.171. The average molecular weight is 477 g/mol. The van der Waals surface area contributed by atoms with E-state index in [9.17, 15) is 5.11 Å². The molecular weight excluding hydrogens is 448 g/mol. The van der Waals surface area contributed by atoms with Gasteiger partial charge in [0.25, 0.3) is 0 Å². The van der Waals surface area contributed by atoms with E-state index in [2.05, 4.69) is 43.8 Å². The Morgan fingerprint density at radius 1 is 0.941 bits per heavy atom.